The van der Waals surface area contributed by atoms with Crippen LogP contribution in [0.15, 0.2) is 17.2 Å². The van der Waals surface area contributed by atoms with Crippen molar-refractivity contribution in [3.63, 3.8) is 0 Å². The highest BCUT2D eigenvalue weighted by Crippen LogP contribution is 2.38. The summed E-state index contributed by atoms with van der Waals surface area (Å²) >= 11 is 0.595. The molecule has 1 saturated carbocycles. The van der Waals surface area contributed by atoms with Gasteiger partial charge in [-0.05, 0) is 44.0 Å². The van der Waals surface area contributed by atoms with E-state index < -0.39 is 48.1 Å². The Labute approximate surface area is 219 Å². The summed E-state index contributed by atoms with van der Waals surface area (Å²) in [7, 11) is -1.19. The summed E-state index contributed by atoms with van der Waals surface area (Å²) in [6.07, 6.45) is 4.59. The summed E-state index contributed by atoms with van der Waals surface area (Å²) in [6.45, 7) is 7.94. The molecule has 2 aromatic heterocycles. The van der Waals surface area contributed by atoms with Crippen LogP contribution in [0.25, 0.3) is 11.0 Å². The lowest BCUT2D eigenvalue weighted by Gasteiger charge is -2.28. The minimum Gasteiger partial charge on any atom is -0.484 e. The molecule has 1 aliphatic carbocycles. The zero-order valence-corrected chi connectivity index (χ0v) is 23.2. The van der Waals surface area contributed by atoms with Gasteiger partial charge in [0.05, 0.1) is 16.4 Å². The molecular weight excluding hydrogens is 524 g/mol. The standard InChI is InChI=1S/C25H32F4N4O2SSi/c1-36-22-19(28)17(26)21(18(27)20(22)29)35-15-7-5-14(6-8-15)24-31-23(30)16-9-10-33(25(16)32-24)13-34-11-12-37(2,3)4/h9-10,14-15H,5-8,11-13H2,1-4H3,(H2,30,31,32). The van der Waals surface area contributed by atoms with Crippen molar-refractivity contribution in [1.29, 1.82) is 0 Å². The topological polar surface area (TPSA) is 75.2 Å². The van der Waals surface area contributed by atoms with Gasteiger partial charge in [-0.1, -0.05) is 19.6 Å². The molecule has 37 heavy (non-hydrogen) atoms. The zero-order chi connectivity index (χ0) is 26.9. The van der Waals surface area contributed by atoms with E-state index >= 15 is 0 Å². The van der Waals surface area contributed by atoms with Crippen LogP contribution < -0.4 is 10.5 Å². The Kier molecular flexibility index (Phi) is 8.39. The van der Waals surface area contributed by atoms with E-state index in [2.05, 4.69) is 24.6 Å². The van der Waals surface area contributed by atoms with E-state index in [0.29, 0.717) is 68.1 Å². The number of aromatic nitrogens is 3. The van der Waals surface area contributed by atoms with Crippen molar-refractivity contribution in [2.45, 2.75) is 75.0 Å². The van der Waals surface area contributed by atoms with Gasteiger partial charge in [-0.25, -0.2) is 18.7 Å². The monoisotopic (exact) mass is 556 g/mol. The van der Waals surface area contributed by atoms with Crippen LogP contribution in [0.4, 0.5) is 23.4 Å². The average molecular weight is 557 g/mol. The molecule has 1 aromatic carbocycles. The van der Waals surface area contributed by atoms with Crippen LogP contribution in [-0.2, 0) is 11.5 Å². The maximum atomic E-state index is 14.4. The minimum atomic E-state index is -1.51. The fourth-order valence-electron chi connectivity index (χ4n) is 4.41. The number of hydrogen-bond donors (Lipinski definition) is 1. The van der Waals surface area contributed by atoms with E-state index in [1.807, 2.05) is 16.8 Å². The number of rotatable bonds is 9. The number of halogens is 4. The van der Waals surface area contributed by atoms with E-state index in [9.17, 15) is 17.6 Å². The molecule has 0 saturated heterocycles. The lowest BCUT2D eigenvalue weighted by molar-refractivity contribution is 0.0898. The van der Waals surface area contributed by atoms with Crippen molar-refractivity contribution < 1.29 is 27.0 Å². The zero-order valence-electron chi connectivity index (χ0n) is 21.4. The summed E-state index contributed by atoms with van der Waals surface area (Å²) < 4.78 is 70.3. The Morgan fingerprint density at radius 3 is 2.27 bits per heavy atom. The lowest BCUT2D eigenvalue weighted by atomic mass is 9.86. The second kappa shape index (κ2) is 11.2. The van der Waals surface area contributed by atoms with Crippen LogP contribution in [0.5, 0.6) is 5.75 Å². The number of nitrogens with zero attached hydrogens (tertiary/aromatic N) is 3. The van der Waals surface area contributed by atoms with Crippen LogP contribution in [0, 0.1) is 23.3 Å². The normalized spacial score (nSPS) is 18.5. The van der Waals surface area contributed by atoms with Crippen molar-refractivity contribution in [2.24, 2.45) is 0 Å². The first-order valence-corrected chi connectivity index (χ1v) is 17.2. The molecular formula is C25H32F4N4O2SSi. The number of hydrogen-bond acceptors (Lipinski definition) is 6. The third-order valence-electron chi connectivity index (χ3n) is 6.60. The molecule has 0 amide bonds. The van der Waals surface area contributed by atoms with Crippen molar-refractivity contribution in [3.05, 3.63) is 41.4 Å². The second-order valence-electron chi connectivity index (χ2n) is 10.5. The van der Waals surface area contributed by atoms with Gasteiger partial charge in [0.2, 0.25) is 11.6 Å². The largest absolute Gasteiger partial charge is 0.484 e. The second-order valence-corrected chi connectivity index (χ2v) is 17.0. The van der Waals surface area contributed by atoms with E-state index in [-0.39, 0.29) is 5.92 Å². The van der Waals surface area contributed by atoms with Gasteiger partial charge >= 0.3 is 0 Å². The summed E-state index contributed by atoms with van der Waals surface area (Å²) in [5.41, 5.74) is 6.92. The number of nitrogen functional groups attached to an aromatic ring is 1. The van der Waals surface area contributed by atoms with Crippen molar-refractivity contribution in [2.75, 3.05) is 18.6 Å². The maximum Gasteiger partial charge on any atom is 0.205 e. The van der Waals surface area contributed by atoms with Crippen LogP contribution in [0.3, 0.4) is 0 Å². The van der Waals surface area contributed by atoms with Gasteiger partial charge in [-0.3, -0.25) is 0 Å². The molecule has 0 bridgehead atoms. The third kappa shape index (κ3) is 6.06. The van der Waals surface area contributed by atoms with E-state index in [1.165, 1.54) is 6.26 Å². The molecule has 1 aliphatic rings. The van der Waals surface area contributed by atoms with Crippen LogP contribution in [0.2, 0.25) is 25.7 Å². The molecule has 0 aliphatic heterocycles. The molecule has 0 unspecified atom stereocenters. The highest BCUT2D eigenvalue weighted by molar-refractivity contribution is 7.98. The summed E-state index contributed by atoms with van der Waals surface area (Å²) in [5, 5.41) is 0.748. The molecule has 4 rings (SSSR count). The molecule has 0 radical (unpaired) electrons. The maximum absolute atomic E-state index is 14.4. The quantitative estimate of drug-likeness (QED) is 0.104. The van der Waals surface area contributed by atoms with E-state index in [4.69, 9.17) is 20.2 Å². The first-order chi connectivity index (χ1) is 17.5. The summed E-state index contributed by atoms with van der Waals surface area (Å²) in [4.78, 5) is 8.56. The first kappa shape index (κ1) is 27.7. The average Bonchev–Trinajstić information content (AvgIpc) is 3.27. The number of anilines is 1. The first-order valence-electron chi connectivity index (χ1n) is 12.3. The number of nitrogens with two attached hydrogens (primary N) is 1. The predicted molar refractivity (Wildman–Crippen MR) is 140 cm³/mol. The predicted octanol–water partition coefficient (Wildman–Crippen LogP) is 6.71. The molecule has 6 nitrogen and oxygen atoms in total. The summed E-state index contributed by atoms with van der Waals surface area (Å²) in [6, 6.07) is 2.93. The summed E-state index contributed by atoms with van der Waals surface area (Å²) in [5.74, 6) is -6.00. The fraction of sp³-hybridized carbons (Fsp3) is 0.520. The molecule has 12 heteroatoms. The van der Waals surface area contributed by atoms with E-state index in [0.717, 1.165) is 11.4 Å². The molecule has 3 aromatic rings. The van der Waals surface area contributed by atoms with Gasteiger partial charge in [0.1, 0.15) is 24.0 Å². The Bertz CT molecular complexity index is 1250. The molecule has 1 fully saturated rings. The number of ether oxygens (including phenoxy) is 2. The van der Waals surface area contributed by atoms with Crippen LogP contribution in [-0.4, -0.2) is 41.6 Å². The van der Waals surface area contributed by atoms with Gasteiger partial charge in [0.25, 0.3) is 0 Å². The third-order valence-corrected chi connectivity index (χ3v) is 9.07. The Balaban J connectivity index is 1.44. The van der Waals surface area contributed by atoms with Crippen molar-refractivity contribution in [3.8, 4) is 5.75 Å². The fourth-order valence-corrected chi connectivity index (χ4v) is 5.71. The molecule has 2 N–H and O–H groups in total. The highest BCUT2D eigenvalue weighted by Gasteiger charge is 2.31. The Hall–Kier alpha value is -2.31. The van der Waals surface area contributed by atoms with Crippen LogP contribution >= 0.6 is 11.8 Å². The van der Waals surface area contributed by atoms with Gasteiger partial charge in [0.15, 0.2) is 17.4 Å². The lowest BCUT2D eigenvalue weighted by Crippen LogP contribution is -2.25. The number of thioether (sulfide) groups is 1. The van der Waals surface area contributed by atoms with Crippen LogP contribution in [0.1, 0.15) is 37.4 Å². The Morgan fingerprint density at radius 1 is 1.03 bits per heavy atom. The number of fused-ring (bicyclic) bond motifs is 1. The van der Waals surface area contributed by atoms with E-state index in [1.54, 1.807) is 0 Å². The molecule has 0 atom stereocenters. The smallest absolute Gasteiger partial charge is 0.205 e. The number of benzene rings is 1. The molecule has 0 spiro atoms. The van der Waals surface area contributed by atoms with Gasteiger partial charge in [0, 0.05) is 26.8 Å². The minimum absolute atomic E-state index is 0.0373. The van der Waals surface area contributed by atoms with Gasteiger partial charge in [-0.2, -0.15) is 8.78 Å². The Morgan fingerprint density at radius 2 is 1.68 bits per heavy atom. The molecule has 202 valence electrons. The van der Waals surface area contributed by atoms with Crippen molar-refractivity contribution >= 4 is 36.7 Å². The van der Waals surface area contributed by atoms with Gasteiger partial charge < -0.3 is 19.8 Å². The van der Waals surface area contributed by atoms with Crippen molar-refractivity contribution in [1.82, 2.24) is 14.5 Å². The van der Waals surface area contributed by atoms with Gasteiger partial charge in [-0.15, -0.1) is 11.8 Å². The SMILES string of the molecule is CSc1c(F)c(F)c(OC2CCC(c3nc(N)c4ccn(COCC[Si](C)(C)C)c4n3)CC2)c(F)c1F. The highest BCUT2D eigenvalue weighted by atomic mass is 32.2. The molecule has 2 heterocycles.